The van der Waals surface area contributed by atoms with E-state index >= 15 is 0 Å². The molecule has 0 unspecified atom stereocenters. The number of ether oxygens (including phenoxy) is 2. The number of amides is 3. The zero-order valence-electron chi connectivity index (χ0n) is 22.1. The lowest BCUT2D eigenvalue weighted by molar-refractivity contribution is -0.146. The third-order valence-corrected chi connectivity index (χ3v) is 9.00. The molecule has 7 heteroatoms. The Bertz CT molecular complexity index is 1450. The second-order valence-corrected chi connectivity index (χ2v) is 11.2. The van der Waals surface area contributed by atoms with Gasteiger partial charge in [0.05, 0.1) is 18.9 Å². The van der Waals surface area contributed by atoms with Gasteiger partial charge in [0.25, 0.3) is 0 Å². The highest BCUT2D eigenvalue weighted by Crippen LogP contribution is 2.65. The van der Waals surface area contributed by atoms with E-state index in [-0.39, 0.29) is 47.8 Å². The molecule has 8 rings (SSSR count). The van der Waals surface area contributed by atoms with Crippen LogP contribution in [0.3, 0.4) is 0 Å². The molecule has 202 valence electrons. The Balaban J connectivity index is 1.11. The van der Waals surface area contributed by atoms with Gasteiger partial charge < -0.3 is 14.8 Å². The van der Waals surface area contributed by atoms with E-state index in [0.717, 1.165) is 17.7 Å². The van der Waals surface area contributed by atoms with Crippen molar-refractivity contribution in [3.8, 4) is 17.2 Å². The predicted molar refractivity (Wildman–Crippen MR) is 149 cm³/mol. The van der Waals surface area contributed by atoms with Crippen LogP contribution in [0.1, 0.15) is 12.0 Å². The third kappa shape index (κ3) is 4.17. The van der Waals surface area contributed by atoms with Crippen molar-refractivity contribution in [2.75, 3.05) is 12.4 Å². The summed E-state index contributed by atoms with van der Waals surface area (Å²) in [5, 5.41) is 2.95. The summed E-state index contributed by atoms with van der Waals surface area (Å²) in [5.41, 5.74) is 1.45. The van der Waals surface area contributed by atoms with Gasteiger partial charge in [-0.25, -0.2) is 0 Å². The SMILES string of the molecule is COc1ccc(Oc2ccc(NC(=O)[C@H](Cc3ccccc3)N3C(=O)[C@@H]4[C@@H]5C=C[C@H]([C@H]6C[C@@H]56)[C@@H]4C3=O)cc2)cc1. The molecule has 1 saturated heterocycles. The van der Waals surface area contributed by atoms with Crippen LogP contribution in [-0.4, -0.2) is 35.8 Å². The molecule has 0 aromatic heterocycles. The monoisotopic (exact) mass is 534 g/mol. The van der Waals surface area contributed by atoms with Crippen LogP contribution >= 0.6 is 0 Å². The van der Waals surface area contributed by atoms with Gasteiger partial charge in [-0.05, 0) is 84.2 Å². The minimum Gasteiger partial charge on any atom is -0.497 e. The van der Waals surface area contributed by atoms with E-state index in [1.807, 2.05) is 54.6 Å². The van der Waals surface area contributed by atoms with E-state index in [1.165, 1.54) is 4.90 Å². The largest absolute Gasteiger partial charge is 0.497 e. The van der Waals surface area contributed by atoms with Crippen molar-refractivity contribution in [3.63, 3.8) is 0 Å². The number of methoxy groups -OCH3 is 1. The molecule has 3 aromatic carbocycles. The lowest BCUT2D eigenvalue weighted by atomic mass is 9.63. The molecule has 1 N–H and O–H groups in total. The molecule has 40 heavy (non-hydrogen) atoms. The minimum atomic E-state index is -0.932. The normalized spacial score (nSPS) is 28.1. The quantitative estimate of drug-likeness (QED) is 0.322. The highest BCUT2D eigenvalue weighted by Gasteiger charge is 2.67. The number of hydrogen-bond donors (Lipinski definition) is 1. The van der Waals surface area contributed by atoms with Crippen LogP contribution in [0.2, 0.25) is 0 Å². The Morgan fingerprint density at radius 3 is 1.95 bits per heavy atom. The molecule has 5 aliphatic rings. The summed E-state index contributed by atoms with van der Waals surface area (Å²) in [7, 11) is 1.61. The molecule has 2 saturated carbocycles. The number of allylic oxidation sites excluding steroid dienone is 2. The summed E-state index contributed by atoms with van der Waals surface area (Å²) in [6.07, 6.45) is 5.66. The summed E-state index contributed by atoms with van der Waals surface area (Å²) in [6, 6.07) is 22.9. The van der Waals surface area contributed by atoms with E-state index in [4.69, 9.17) is 9.47 Å². The summed E-state index contributed by atoms with van der Waals surface area (Å²) < 4.78 is 11.1. The maximum atomic E-state index is 13.8. The van der Waals surface area contributed by atoms with Gasteiger partial charge in [0.1, 0.15) is 23.3 Å². The average molecular weight is 535 g/mol. The van der Waals surface area contributed by atoms with E-state index in [1.54, 1.807) is 31.4 Å². The minimum absolute atomic E-state index is 0.111. The molecular formula is C33H30N2O5. The first-order valence-corrected chi connectivity index (χ1v) is 13.8. The fraction of sp³-hybridized carbons (Fsp3) is 0.303. The number of carbonyl (C=O) groups excluding carboxylic acids is 3. The van der Waals surface area contributed by atoms with Gasteiger partial charge in [-0.1, -0.05) is 42.5 Å². The molecule has 7 atom stereocenters. The van der Waals surface area contributed by atoms with Crippen molar-refractivity contribution in [1.82, 2.24) is 4.90 Å². The Kier molecular flexibility index (Phi) is 5.95. The van der Waals surface area contributed by atoms with Crippen LogP contribution in [-0.2, 0) is 20.8 Å². The molecule has 1 aliphatic heterocycles. The van der Waals surface area contributed by atoms with E-state index in [0.29, 0.717) is 29.0 Å². The Morgan fingerprint density at radius 1 is 0.825 bits per heavy atom. The Hall–Kier alpha value is -4.39. The van der Waals surface area contributed by atoms with E-state index in [9.17, 15) is 14.4 Å². The standard InChI is InChI=1S/C33H30N2O5/c1-39-21-11-13-23(14-12-21)40-22-9-7-20(8-10-22)34-31(36)28(17-19-5-3-2-4-6-19)35-32(37)29-24-15-16-25(27-18-26(24)27)30(29)33(35)38/h2-16,24-30H,17-18H2,1H3,(H,34,36)/t24-,25-,26-,27+,28+,29+,30-/m1/s1. The first-order chi connectivity index (χ1) is 19.5. The van der Waals surface area contributed by atoms with Crippen LogP contribution in [0.15, 0.2) is 91.0 Å². The number of hydrogen-bond acceptors (Lipinski definition) is 5. The molecule has 7 nitrogen and oxygen atoms in total. The molecule has 4 aliphatic carbocycles. The van der Waals surface area contributed by atoms with Gasteiger partial charge in [0, 0.05) is 12.1 Å². The van der Waals surface area contributed by atoms with Crippen LogP contribution in [0.4, 0.5) is 5.69 Å². The van der Waals surface area contributed by atoms with E-state index < -0.39 is 6.04 Å². The second kappa shape index (κ2) is 9.66. The van der Waals surface area contributed by atoms with Crippen molar-refractivity contribution in [2.24, 2.45) is 35.5 Å². The number of imide groups is 1. The molecule has 0 spiro atoms. The number of anilines is 1. The molecule has 1 heterocycles. The van der Waals surface area contributed by atoms with Gasteiger partial charge in [-0.15, -0.1) is 0 Å². The number of nitrogens with one attached hydrogen (secondary N) is 1. The number of nitrogens with zero attached hydrogens (tertiary/aromatic N) is 1. The van der Waals surface area contributed by atoms with Crippen molar-refractivity contribution in [3.05, 3.63) is 96.6 Å². The zero-order chi connectivity index (χ0) is 27.4. The number of benzene rings is 3. The van der Waals surface area contributed by atoms with Crippen LogP contribution in [0.5, 0.6) is 17.2 Å². The van der Waals surface area contributed by atoms with Gasteiger partial charge in [-0.3, -0.25) is 19.3 Å². The van der Waals surface area contributed by atoms with Gasteiger partial charge in [-0.2, -0.15) is 0 Å². The van der Waals surface area contributed by atoms with E-state index in [2.05, 4.69) is 17.5 Å². The first kappa shape index (κ1) is 24.6. The van der Waals surface area contributed by atoms with Gasteiger partial charge in [0.15, 0.2) is 0 Å². The number of likely N-dealkylation sites (tertiary alicyclic amines) is 1. The third-order valence-electron chi connectivity index (χ3n) is 9.00. The smallest absolute Gasteiger partial charge is 0.248 e. The fourth-order valence-electron chi connectivity index (χ4n) is 7.04. The summed E-state index contributed by atoms with van der Waals surface area (Å²) in [6.45, 7) is 0. The maximum absolute atomic E-state index is 13.8. The van der Waals surface area contributed by atoms with Gasteiger partial charge in [0.2, 0.25) is 17.7 Å². The first-order valence-electron chi connectivity index (χ1n) is 13.8. The average Bonchev–Trinajstić information content (AvgIpc) is 3.77. The van der Waals surface area contributed by atoms with Crippen molar-refractivity contribution < 1.29 is 23.9 Å². The molecule has 2 bridgehead atoms. The van der Waals surface area contributed by atoms with Gasteiger partial charge >= 0.3 is 0 Å². The van der Waals surface area contributed by atoms with Crippen LogP contribution in [0, 0.1) is 35.5 Å². The lowest BCUT2D eigenvalue weighted by Crippen LogP contribution is -2.49. The summed E-state index contributed by atoms with van der Waals surface area (Å²) >= 11 is 0. The number of carbonyl (C=O) groups is 3. The van der Waals surface area contributed by atoms with Crippen LogP contribution < -0.4 is 14.8 Å². The predicted octanol–water partition coefficient (Wildman–Crippen LogP) is 5.09. The zero-order valence-corrected chi connectivity index (χ0v) is 22.1. The highest BCUT2D eigenvalue weighted by atomic mass is 16.5. The maximum Gasteiger partial charge on any atom is 0.248 e. The van der Waals surface area contributed by atoms with Crippen molar-refractivity contribution >= 4 is 23.4 Å². The molecule has 0 radical (unpaired) electrons. The van der Waals surface area contributed by atoms with Crippen molar-refractivity contribution in [1.29, 1.82) is 0 Å². The second-order valence-electron chi connectivity index (χ2n) is 11.2. The molecular weight excluding hydrogens is 504 g/mol. The summed E-state index contributed by atoms with van der Waals surface area (Å²) in [5.74, 6) is 1.80. The lowest BCUT2D eigenvalue weighted by Gasteiger charge is -2.37. The van der Waals surface area contributed by atoms with Crippen molar-refractivity contribution in [2.45, 2.75) is 18.9 Å². The van der Waals surface area contributed by atoms with Crippen LogP contribution in [0.25, 0.3) is 0 Å². The molecule has 3 amide bonds. The Labute approximate surface area is 232 Å². The Morgan fingerprint density at radius 2 is 1.38 bits per heavy atom. The topological polar surface area (TPSA) is 84.9 Å². The molecule has 3 fully saturated rings. The number of rotatable bonds is 8. The highest BCUT2D eigenvalue weighted by molar-refractivity contribution is 6.10. The summed E-state index contributed by atoms with van der Waals surface area (Å²) in [4.78, 5) is 42.7. The fourth-order valence-corrected chi connectivity index (χ4v) is 7.04. The molecule has 3 aromatic rings.